The summed E-state index contributed by atoms with van der Waals surface area (Å²) < 4.78 is 1.28. The molecule has 0 saturated carbocycles. The maximum atomic E-state index is 11.2. The van der Waals surface area contributed by atoms with Crippen LogP contribution in [0.1, 0.15) is 13.8 Å². The van der Waals surface area contributed by atoms with Crippen molar-refractivity contribution in [3.63, 3.8) is 0 Å². The van der Waals surface area contributed by atoms with Crippen LogP contribution in [0.5, 0.6) is 0 Å². The molecule has 0 bridgehead atoms. The van der Waals surface area contributed by atoms with Crippen LogP contribution in [0.25, 0.3) is 0 Å². The molecule has 1 aromatic heterocycles. The number of hydrogen-bond donors (Lipinski definition) is 0. The molecule has 72 valence electrons. The van der Waals surface area contributed by atoms with E-state index in [4.69, 9.17) is 0 Å². The van der Waals surface area contributed by atoms with Gasteiger partial charge in [-0.05, 0) is 0 Å². The molecule has 0 spiro atoms. The fraction of sp³-hybridized carbons (Fsp3) is 0.571. The Hall–Kier alpha value is -1.43. The highest BCUT2D eigenvalue weighted by Crippen LogP contribution is 2.09. The van der Waals surface area contributed by atoms with Gasteiger partial charge in [-0.2, -0.15) is 5.10 Å². The van der Waals surface area contributed by atoms with E-state index in [9.17, 15) is 15.2 Å². The van der Waals surface area contributed by atoms with E-state index in [1.165, 1.54) is 24.7 Å². The molecule has 1 heterocycles. The second kappa shape index (κ2) is 3.14. The molecule has 0 N–H and O–H groups in total. The average molecular weight is 184 g/mol. The van der Waals surface area contributed by atoms with Gasteiger partial charge in [-0.25, -0.2) is 0 Å². The molecule has 0 aliphatic rings. The minimum atomic E-state index is -1.17. The van der Waals surface area contributed by atoms with E-state index >= 15 is 0 Å². The van der Waals surface area contributed by atoms with Crippen LogP contribution in [-0.2, 0) is 6.54 Å². The van der Waals surface area contributed by atoms with Gasteiger partial charge in [0.05, 0.1) is 4.92 Å². The summed E-state index contributed by atoms with van der Waals surface area (Å²) in [5, 5.41) is 25.2. The fourth-order valence-corrected chi connectivity index (χ4v) is 0.924. The van der Waals surface area contributed by atoms with Crippen LogP contribution in [0.4, 0.5) is 5.69 Å². The Morgan fingerprint density at radius 1 is 1.69 bits per heavy atom. The Labute approximate surface area is 74.9 Å². The predicted molar refractivity (Wildman–Crippen MR) is 43.0 cm³/mol. The molecule has 13 heavy (non-hydrogen) atoms. The van der Waals surface area contributed by atoms with Gasteiger partial charge in [0.2, 0.25) is 0 Å². The molecule has 0 unspecified atom stereocenters. The van der Waals surface area contributed by atoms with Crippen LogP contribution in [0.15, 0.2) is 12.4 Å². The summed E-state index contributed by atoms with van der Waals surface area (Å²) in [7, 11) is 0. The van der Waals surface area contributed by atoms with Crippen molar-refractivity contribution in [2.45, 2.75) is 26.0 Å². The Bertz CT molecular complexity index is 313. The summed E-state index contributed by atoms with van der Waals surface area (Å²) in [6, 6.07) is 0. The quantitative estimate of drug-likeness (QED) is 0.486. The number of nitrogens with zero attached hydrogens (tertiary/aromatic N) is 3. The second-order valence-corrected chi connectivity index (χ2v) is 3.41. The molecule has 0 aliphatic carbocycles. The van der Waals surface area contributed by atoms with Crippen molar-refractivity contribution in [3.05, 3.63) is 22.5 Å². The van der Waals surface area contributed by atoms with Crippen LogP contribution in [0.3, 0.4) is 0 Å². The van der Waals surface area contributed by atoms with Crippen LogP contribution in [-0.4, -0.2) is 20.3 Å². The van der Waals surface area contributed by atoms with Crippen LogP contribution < -0.4 is 5.11 Å². The Balaban J connectivity index is 2.75. The number of nitro groups is 1. The lowest BCUT2D eigenvalue weighted by Crippen LogP contribution is -2.41. The van der Waals surface area contributed by atoms with Gasteiger partial charge in [0.25, 0.3) is 0 Å². The summed E-state index contributed by atoms with van der Waals surface area (Å²) in [6.45, 7) is 3.13. The molecular formula is C7H10N3O3-. The topological polar surface area (TPSA) is 84.0 Å². The first-order chi connectivity index (χ1) is 5.88. The summed E-state index contributed by atoms with van der Waals surface area (Å²) >= 11 is 0. The molecule has 0 atom stereocenters. The van der Waals surface area contributed by atoms with Crippen molar-refractivity contribution in [2.75, 3.05) is 0 Å². The zero-order valence-corrected chi connectivity index (χ0v) is 7.43. The third kappa shape index (κ3) is 2.83. The summed E-state index contributed by atoms with van der Waals surface area (Å²) in [6.07, 6.45) is 2.38. The molecule has 1 aromatic rings. The first-order valence-electron chi connectivity index (χ1n) is 3.76. The SMILES string of the molecule is CC(C)([O-])Cn1cc([N+](=O)[O-])cn1. The monoisotopic (exact) mass is 184 g/mol. The zero-order valence-electron chi connectivity index (χ0n) is 7.43. The highest BCUT2D eigenvalue weighted by atomic mass is 16.6. The highest BCUT2D eigenvalue weighted by Gasteiger charge is 2.10. The van der Waals surface area contributed by atoms with Crippen LogP contribution in [0.2, 0.25) is 0 Å². The van der Waals surface area contributed by atoms with Crippen molar-refractivity contribution < 1.29 is 10.0 Å². The molecule has 0 aliphatic heterocycles. The molecule has 0 fully saturated rings. The first kappa shape index (κ1) is 9.66. The van der Waals surface area contributed by atoms with Gasteiger partial charge in [-0.15, -0.1) is 0 Å². The summed E-state index contributed by atoms with van der Waals surface area (Å²) in [5.41, 5.74) is -1.26. The fourth-order valence-electron chi connectivity index (χ4n) is 0.924. The molecule has 0 aromatic carbocycles. The van der Waals surface area contributed by atoms with E-state index in [1.54, 1.807) is 0 Å². The number of rotatable bonds is 3. The van der Waals surface area contributed by atoms with Gasteiger partial charge in [-0.1, -0.05) is 19.4 Å². The van der Waals surface area contributed by atoms with E-state index in [2.05, 4.69) is 5.10 Å². The van der Waals surface area contributed by atoms with Crippen LogP contribution in [0, 0.1) is 10.1 Å². The van der Waals surface area contributed by atoms with E-state index in [1.807, 2.05) is 0 Å². The summed E-state index contributed by atoms with van der Waals surface area (Å²) in [5.74, 6) is 0. The van der Waals surface area contributed by atoms with Crippen molar-refractivity contribution >= 4 is 5.69 Å². The van der Waals surface area contributed by atoms with Crippen molar-refractivity contribution in [1.82, 2.24) is 9.78 Å². The Morgan fingerprint density at radius 3 is 2.69 bits per heavy atom. The average Bonchev–Trinajstić information content (AvgIpc) is 2.31. The van der Waals surface area contributed by atoms with Crippen LogP contribution >= 0.6 is 0 Å². The minimum absolute atomic E-state index is 0.0933. The standard InChI is InChI=1S/C7H10N3O3/c1-7(2,11)5-9-4-6(3-8-9)10(12)13/h3-4H,5H2,1-2H3/q-1. The van der Waals surface area contributed by atoms with E-state index in [-0.39, 0.29) is 12.2 Å². The van der Waals surface area contributed by atoms with Crippen molar-refractivity contribution in [2.24, 2.45) is 0 Å². The molecule has 6 nitrogen and oxygen atoms in total. The van der Waals surface area contributed by atoms with Gasteiger partial charge >= 0.3 is 5.69 Å². The van der Waals surface area contributed by atoms with E-state index < -0.39 is 10.5 Å². The number of hydrogen-bond acceptors (Lipinski definition) is 4. The summed E-state index contributed by atoms with van der Waals surface area (Å²) in [4.78, 5) is 9.71. The third-order valence-corrected chi connectivity index (χ3v) is 1.37. The molecule has 6 heteroatoms. The maximum absolute atomic E-state index is 11.2. The lowest BCUT2D eigenvalue weighted by atomic mass is 10.1. The van der Waals surface area contributed by atoms with Gasteiger partial charge in [0.15, 0.2) is 0 Å². The molecule has 0 amide bonds. The predicted octanol–water partition coefficient (Wildman–Crippen LogP) is -0.0698. The maximum Gasteiger partial charge on any atom is 0.306 e. The zero-order chi connectivity index (χ0) is 10.1. The molecule has 0 radical (unpaired) electrons. The molecule has 0 saturated heterocycles. The highest BCUT2D eigenvalue weighted by molar-refractivity contribution is 5.20. The molecular weight excluding hydrogens is 174 g/mol. The lowest BCUT2D eigenvalue weighted by Gasteiger charge is -2.30. The second-order valence-electron chi connectivity index (χ2n) is 3.41. The Morgan fingerprint density at radius 2 is 2.31 bits per heavy atom. The first-order valence-corrected chi connectivity index (χ1v) is 3.76. The van der Waals surface area contributed by atoms with E-state index in [0.717, 1.165) is 6.20 Å². The van der Waals surface area contributed by atoms with Gasteiger partial charge in [0, 0.05) is 6.54 Å². The minimum Gasteiger partial charge on any atom is -0.849 e. The normalized spacial score (nSPS) is 11.6. The van der Waals surface area contributed by atoms with Gasteiger partial charge in [-0.3, -0.25) is 14.8 Å². The van der Waals surface area contributed by atoms with E-state index in [0.29, 0.717) is 0 Å². The van der Waals surface area contributed by atoms with Crippen molar-refractivity contribution in [1.29, 1.82) is 0 Å². The largest absolute Gasteiger partial charge is 0.849 e. The number of aromatic nitrogens is 2. The van der Waals surface area contributed by atoms with Gasteiger partial charge < -0.3 is 5.11 Å². The Kier molecular flexibility index (Phi) is 2.33. The lowest BCUT2D eigenvalue weighted by molar-refractivity contribution is -0.469. The van der Waals surface area contributed by atoms with Gasteiger partial charge in [0.1, 0.15) is 12.4 Å². The van der Waals surface area contributed by atoms with Crippen molar-refractivity contribution in [3.8, 4) is 0 Å². The molecule has 1 rings (SSSR count). The third-order valence-electron chi connectivity index (χ3n) is 1.37. The smallest absolute Gasteiger partial charge is 0.306 e.